The molecule has 1 aromatic heterocycles. The molecule has 206 valence electrons. The van der Waals surface area contributed by atoms with E-state index in [2.05, 4.69) is 4.98 Å². The Bertz CT molecular complexity index is 1240. The van der Waals surface area contributed by atoms with Crippen LogP contribution >= 0.6 is 0 Å². The Kier molecular flexibility index (Phi) is 9.07. The molecule has 0 unspecified atom stereocenters. The van der Waals surface area contributed by atoms with Crippen LogP contribution in [0.1, 0.15) is 49.5 Å². The number of nitrogens with zero attached hydrogens (tertiary/aromatic N) is 2. The Morgan fingerprint density at radius 2 is 1.69 bits per heavy atom. The van der Waals surface area contributed by atoms with Crippen molar-refractivity contribution in [3.63, 3.8) is 0 Å². The molecule has 1 aliphatic rings. The largest absolute Gasteiger partial charge is 0.489 e. The number of pyridine rings is 1. The lowest BCUT2D eigenvalue weighted by atomic mass is 9.98. The molecular formula is C31H36N2O6. The fourth-order valence-corrected chi connectivity index (χ4v) is 4.24. The monoisotopic (exact) mass is 532 g/mol. The molecule has 39 heavy (non-hydrogen) atoms. The van der Waals surface area contributed by atoms with Crippen LogP contribution in [-0.4, -0.2) is 54.4 Å². The lowest BCUT2D eigenvalue weighted by molar-refractivity contribution is 0.0164. The molecule has 8 heteroatoms. The number of esters is 1. The first kappa shape index (κ1) is 28.0. The first-order chi connectivity index (χ1) is 18.7. The van der Waals surface area contributed by atoms with Crippen LogP contribution in [0.15, 0.2) is 66.9 Å². The number of amides is 1. The molecule has 8 nitrogen and oxygen atoms in total. The van der Waals surface area contributed by atoms with E-state index in [1.165, 1.54) is 7.11 Å². The summed E-state index contributed by atoms with van der Waals surface area (Å²) in [7, 11) is 1.36. The van der Waals surface area contributed by atoms with Crippen molar-refractivity contribution in [2.45, 2.75) is 45.8 Å². The second-order valence-corrected chi connectivity index (χ2v) is 10.6. The fraction of sp³-hybridized carbons (Fsp3) is 0.387. The van der Waals surface area contributed by atoms with Crippen molar-refractivity contribution in [2.75, 3.05) is 26.8 Å². The lowest BCUT2D eigenvalue weighted by Gasteiger charge is -2.33. The molecular weight excluding hydrogens is 496 g/mol. The fourth-order valence-electron chi connectivity index (χ4n) is 4.24. The summed E-state index contributed by atoms with van der Waals surface area (Å²) >= 11 is 0. The van der Waals surface area contributed by atoms with E-state index in [0.29, 0.717) is 43.7 Å². The van der Waals surface area contributed by atoms with Crippen LogP contribution in [0.25, 0.3) is 11.1 Å². The molecule has 3 aromatic rings. The molecule has 4 rings (SSSR count). The third-order valence-corrected chi connectivity index (χ3v) is 6.42. The quantitative estimate of drug-likeness (QED) is 0.322. The molecule has 0 N–H and O–H groups in total. The number of hydrogen-bond donors (Lipinski definition) is 0. The van der Waals surface area contributed by atoms with Gasteiger partial charge in [-0.25, -0.2) is 14.6 Å². The standard InChI is InChI=1S/C31H36N2O6/c1-31(2,3)39-30(35)33-16-14-23(15-17-33)21-38-28-13-12-26(19-32-28)25-6-5-7-27(18-25)37-20-22-8-10-24(11-9-22)29(34)36-4/h5-13,18-19,23H,14-17,20-21H2,1-4H3. The number of likely N-dealkylation sites (tertiary alicyclic amines) is 1. The molecule has 0 radical (unpaired) electrons. The zero-order valence-corrected chi connectivity index (χ0v) is 23.0. The minimum absolute atomic E-state index is 0.247. The topological polar surface area (TPSA) is 87.2 Å². The van der Waals surface area contributed by atoms with Crippen LogP contribution in [0.3, 0.4) is 0 Å². The highest BCUT2D eigenvalue weighted by Gasteiger charge is 2.27. The molecule has 1 saturated heterocycles. The predicted octanol–water partition coefficient (Wildman–Crippen LogP) is 6.14. The summed E-state index contributed by atoms with van der Waals surface area (Å²) in [5, 5.41) is 0. The normalized spacial score (nSPS) is 14.0. The number of carbonyl (C=O) groups excluding carboxylic acids is 2. The predicted molar refractivity (Wildman–Crippen MR) is 148 cm³/mol. The van der Waals surface area contributed by atoms with Gasteiger partial charge in [0.15, 0.2) is 0 Å². The van der Waals surface area contributed by atoms with Crippen molar-refractivity contribution in [2.24, 2.45) is 5.92 Å². The van der Waals surface area contributed by atoms with Crippen molar-refractivity contribution in [3.8, 4) is 22.8 Å². The lowest BCUT2D eigenvalue weighted by Crippen LogP contribution is -2.42. The number of ether oxygens (including phenoxy) is 4. The van der Waals surface area contributed by atoms with Gasteiger partial charge in [-0.2, -0.15) is 0 Å². The maximum absolute atomic E-state index is 12.3. The minimum Gasteiger partial charge on any atom is -0.489 e. The van der Waals surface area contributed by atoms with Gasteiger partial charge in [0, 0.05) is 30.9 Å². The van der Waals surface area contributed by atoms with E-state index in [0.717, 1.165) is 35.3 Å². The SMILES string of the molecule is COC(=O)c1ccc(COc2cccc(-c3ccc(OCC4CCN(C(=O)OC(C)(C)C)CC4)nc3)c2)cc1. The second-order valence-electron chi connectivity index (χ2n) is 10.6. The number of benzene rings is 2. The van der Waals surface area contributed by atoms with Gasteiger partial charge in [0.25, 0.3) is 0 Å². The summed E-state index contributed by atoms with van der Waals surface area (Å²) in [6.07, 6.45) is 3.30. The van der Waals surface area contributed by atoms with E-state index in [1.807, 2.05) is 69.3 Å². The Hall–Kier alpha value is -4.07. The maximum Gasteiger partial charge on any atom is 0.410 e. The van der Waals surface area contributed by atoms with Crippen LogP contribution in [0.2, 0.25) is 0 Å². The van der Waals surface area contributed by atoms with E-state index in [4.69, 9.17) is 18.9 Å². The number of rotatable bonds is 8. The molecule has 0 aliphatic carbocycles. The van der Waals surface area contributed by atoms with Gasteiger partial charge in [-0.3, -0.25) is 0 Å². The Balaban J connectivity index is 1.25. The number of carbonyl (C=O) groups is 2. The summed E-state index contributed by atoms with van der Waals surface area (Å²) in [6.45, 7) is 7.94. The van der Waals surface area contributed by atoms with Crippen LogP contribution in [0, 0.1) is 5.92 Å². The van der Waals surface area contributed by atoms with Gasteiger partial charge in [0.2, 0.25) is 5.88 Å². The Morgan fingerprint density at radius 3 is 2.33 bits per heavy atom. The average molecular weight is 533 g/mol. The minimum atomic E-state index is -0.482. The van der Waals surface area contributed by atoms with Crippen LogP contribution in [-0.2, 0) is 16.1 Å². The van der Waals surface area contributed by atoms with Gasteiger partial charge < -0.3 is 23.8 Å². The summed E-state index contributed by atoms with van der Waals surface area (Å²) in [4.78, 5) is 30.1. The number of aromatic nitrogens is 1. The summed E-state index contributed by atoms with van der Waals surface area (Å²) in [6, 6.07) is 18.8. The van der Waals surface area contributed by atoms with E-state index in [1.54, 1.807) is 23.2 Å². The smallest absolute Gasteiger partial charge is 0.410 e. The first-order valence-corrected chi connectivity index (χ1v) is 13.2. The number of piperidine rings is 1. The van der Waals surface area contributed by atoms with Gasteiger partial charge in [0.05, 0.1) is 19.3 Å². The van der Waals surface area contributed by atoms with E-state index < -0.39 is 5.60 Å². The maximum atomic E-state index is 12.3. The number of methoxy groups -OCH3 is 1. The molecule has 0 bridgehead atoms. The first-order valence-electron chi connectivity index (χ1n) is 13.2. The molecule has 0 saturated carbocycles. The Labute approximate surface area is 229 Å². The summed E-state index contributed by atoms with van der Waals surface area (Å²) < 4.78 is 22.1. The van der Waals surface area contributed by atoms with Gasteiger partial charge in [-0.05, 0) is 81.0 Å². The molecule has 0 spiro atoms. The average Bonchev–Trinajstić information content (AvgIpc) is 2.94. The Morgan fingerprint density at radius 1 is 0.949 bits per heavy atom. The molecule has 1 aliphatic heterocycles. The van der Waals surface area contributed by atoms with Crippen LogP contribution < -0.4 is 9.47 Å². The second kappa shape index (κ2) is 12.7. The zero-order valence-electron chi connectivity index (χ0n) is 23.0. The van der Waals surface area contributed by atoms with Gasteiger partial charge in [-0.15, -0.1) is 0 Å². The summed E-state index contributed by atoms with van der Waals surface area (Å²) in [5.74, 6) is 1.33. The zero-order chi connectivity index (χ0) is 27.8. The van der Waals surface area contributed by atoms with Crippen molar-refractivity contribution < 1.29 is 28.5 Å². The van der Waals surface area contributed by atoms with E-state index >= 15 is 0 Å². The molecule has 2 heterocycles. The third-order valence-electron chi connectivity index (χ3n) is 6.42. The summed E-state index contributed by atoms with van der Waals surface area (Å²) in [5.41, 5.74) is 2.92. The van der Waals surface area contributed by atoms with Crippen molar-refractivity contribution in [1.82, 2.24) is 9.88 Å². The van der Waals surface area contributed by atoms with Gasteiger partial charge in [0.1, 0.15) is 18.0 Å². The van der Waals surface area contributed by atoms with Crippen LogP contribution in [0.5, 0.6) is 11.6 Å². The molecule has 1 fully saturated rings. The molecule has 1 amide bonds. The molecule has 0 atom stereocenters. The highest BCUT2D eigenvalue weighted by molar-refractivity contribution is 5.89. The number of hydrogen-bond acceptors (Lipinski definition) is 7. The third kappa shape index (κ3) is 8.21. The van der Waals surface area contributed by atoms with Crippen molar-refractivity contribution >= 4 is 12.1 Å². The van der Waals surface area contributed by atoms with Crippen molar-refractivity contribution in [1.29, 1.82) is 0 Å². The van der Waals surface area contributed by atoms with E-state index in [-0.39, 0.29) is 12.1 Å². The van der Waals surface area contributed by atoms with Crippen LogP contribution in [0.4, 0.5) is 4.79 Å². The van der Waals surface area contributed by atoms with Crippen molar-refractivity contribution in [3.05, 3.63) is 78.0 Å². The van der Waals surface area contributed by atoms with Gasteiger partial charge in [-0.1, -0.05) is 24.3 Å². The van der Waals surface area contributed by atoms with E-state index in [9.17, 15) is 9.59 Å². The highest BCUT2D eigenvalue weighted by Crippen LogP contribution is 2.26. The highest BCUT2D eigenvalue weighted by atomic mass is 16.6. The molecule has 2 aromatic carbocycles. The van der Waals surface area contributed by atoms with Gasteiger partial charge >= 0.3 is 12.1 Å².